The molecule has 0 bridgehead atoms. The van der Waals surface area contributed by atoms with Crippen molar-refractivity contribution >= 4 is 5.91 Å². The van der Waals surface area contributed by atoms with Crippen molar-refractivity contribution in [3.8, 4) is 0 Å². The van der Waals surface area contributed by atoms with Crippen molar-refractivity contribution in [2.45, 2.75) is 51.1 Å². The monoisotopic (exact) mass is 229 g/mol. The van der Waals surface area contributed by atoms with Gasteiger partial charge in [-0.25, -0.2) is 5.84 Å². The van der Waals surface area contributed by atoms with Crippen LogP contribution in [0.3, 0.4) is 0 Å². The van der Waals surface area contributed by atoms with E-state index >= 15 is 0 Å². The molecule has 0 spiro atoms. The lowest BCUT2D eigenvalue weighted by Crippen LogP contribution is -2.47. The average molecular weight is 229 g/mol. The average Bonchev–Trinajstić information content (AvgIpc) is 2.22. The van der Waals surface area contributed by atoms with Gasteiger partial charge in [-0.2, -0.15) is 0 Å². The van der Waals surface area contributed by atoms with Gasteiger partial charge in [-0.3, -0.25) is 15.1 Å². The van der Waals surface area contributed by atoms with Gasteiger partial charge in [0.25, 0.3) is 0 Å². The summed E-state index contributed by atoms with van der Waals surface area (Å²) in [5.41, 5.74) is 2.14. The first-order valence-electron chi connectivity index (χ1n) is 6.05. The van der Waals surface area contributed by atoms with E-state index in [1.54, 1.807) is 0 Å². The van der Waals surface area contributed by atoms with Crippen LogP contribution in [-0.4, -0.2) is 41.1 Å². The maximum absolute atomic E-state index is 11.0. The molecule has 94 valence electrons. The van der Waals surface area contributed by atoms with Gasteiger partial charge in [0.1, 0.15) is 0 Å². The second kappa shape index (κ2) is 6.83. The molecule has 1 rings (SSSR count). The summed E-state index contributed by atoms with van der Waals surface area (Å²) in [4.78, 5) is 13.4. The highest BCUT2D eigenvalue weighted by Gasteiger charge is 2.27. The third kappa shape index (κ3) is 3.73. The lowest BCUT2D eigenvalue weighted by Gasteiger charge is -2.41. The summed E-state index contributed by atoms with van der Waals surface area (Å²) >= 11 is 0. The third-order valence-electron chi connectivity index (χ3n) is 3.42. The highest BCUT2D eigenvalue weighted by molar-refractivity contribution is 5.75. The highest BCUT2D eigenvalue weighted by atomic mass is 16.3. The van der Waals surface area contributed by atoms with Gasteiger partial charge in [0.15, 0.2) is 0 Å². The molecule has 0 aromatic rings. The Morgan fingerprint density at radius 1 is 1.62 bits per heavy atom. The van der Waals surface area contributed by atoms with E-state index in [4.69, 9.17) is 10.9 Å². The topological polar surface area (TPSA) is 78.6 Å². The molecule has 1 unspecified atom stereocenters. The molecular weight excluding hydrogens is 206 g/mol. The summed E-state index contributed by atoms with van der Waals surface area (Å²) in [6, 6.07) is 0.929. The zero-order chi connectivity index (χ0) is 12.0. The third-order valence-corrected chi connectivity index (χ3v) is 3.42. The minimum Gasteiger partial charge on any atom is -0.395 e. The molecule has 1 amide bonds. The van der Waals surface area contributed by atoms with Crippen molar-refractivity contribution in [3.05, 3.63) is 0 Å². The number of hydrogen-bond acceptors (Lipinski definition) is 4. The Morgan fingerprint density at radius 2 is 2.31 bits per heavy atom. The molecule has 0 heterocycles. The van der Waals surface area contributed by atoms with E-state index < -0.39 is 0 Å². The van der Waals surface area contributed by atoms with Crippen LogP contribution in [0.15, 0.2) is 0 Å². The number of hydrogen-bond donors (Lipinski definition) is 3. The Kier molecular flexibility index (Phi) is 5.73. The number of nitrogens with one attached hydrogen (secondary N) is 1. The molecule has 1 saturated carbocycles. The van der Waals surface area contributed by atoms with Gasteiger partial charge >= 0.3 is 0 Å². The Balaban J connectivity index is 2.34. The standard InChI is InChI=1S/C11H23N3O2/c1-9(5-6-11(16)13-12)14(7-8-15)10-3-2-4-10/h9-10,15H,2-8,12H2,1H3,(H,13,16). The Bertz CT molecular complexity index is 219. The molecule has 5 heteroatoms. The number of aliphatic hydroxyl groups excluding tert-OH is 1. The van der Waals surface area contributed by atoms with Crippen molar-refractivity contribution in [1.82, 2.24) is 10.3 Å². The molecule has 1 atom stereocenters. The fourth-order valence-electron chi connectivity index (χ4n) is 2.17. The maximum Gasteiger partial charge on any atom is 0.233 e. The molecule has 1 fully saturated rings. The predicted octanol–water partition coefficient (Wildman–Crippen LogP) is -0.00820. The first kappa shape index (κ1) is 13.4. The zero-order valence-corrected chi connectivity index (χ0v) is 9.98. The Labute approximate surface area is 97.0 Å². The quantitative estimate of drug-likeness (QED) is 0.326. The fourth-order valence-corrected chi connectivity index (χ4v) is 2.17. The SMILES string of the molecule is CC(CCC(=O)NN)N(CCO)C1CCC1. The first-order chi connectivity index (χ1) is 7.69. The van der Waals surface area contributed by atoms with Crippen molar-refractivity contribution in [1.29, 1.82) is 0 Å². The van der Waals surface area contributed by atoms with Crippen LogP contribution in [0, 0.1) is 0 Å². The van der Waals surface area contributed by atoms with E-state index in [1.165, 1.54) is 19.3 Å². The lowest BCUT2D eigenvalue weighted by atomic mass is 9.90. The zero-order valence-electron chi connectivity index (χ0n) is 9.98. The summed E-state index contributed by atoms with van der Waals surface area (Å²) < 4.78 is 0. The molecule has 4 N–H and O–H groups in total. The molecule has 1 aliphatic rings. The summed E-state index contributed by atoms with van der Waals surface area (Å²) in [7, 11) is 0. The lowest BCUT2D eigenvalue weighted by molar-refractivity contribution is -0.121. The number of hydrazine groups is 1. The number of nitrogens with zero attached hydrogens (tertiary/aromatic N) is 1. The largest absolute Gasteiger partial charge is 0.395 e. The first-order valence-corrected chi connectivity index (χ1v) is 6.05. The Hall–Kier alpha value is -0.650. The predicted molar refractivity (Wildman–Crippen MR) is 62.5 cm³/mol. The number of carbonyl (C=O) groups excluding carboxylic acids is 1. The molecule has 1 aliphatic carbocycles. The number of aliphatic hydroxyl groups is 1. The smallest absolute Gasteiger partial charge is 0.233 e. The van der Waals surface area contributed by atoms with Gasteiger partial charge < -0.3 is 5.11 Å². The van der Waals surface area contributed by atoms with Crippen molar-refractivity contribution < 1.29 is 9.90 Å². The number of nitrogens with two attached hydrogens (primary N) is 1. The summed E-state index contributed by atoms with van der Waals surface area (Å²) in [5.74, 6) is 4.92. The van der Waals surface area contributed by atoms with Gasteiger partial charge in [0.2, 0.25) is 5.91 Å². The van der Waals surface area contributed by atoms with Crippen LogP contribution < -0.4 is 11.3 Å². The van der Waals surface area contributed by atoms with E-state index in [2.05, 4.69) is 17.2 Å². The molecule has 16 heavy (non-hydrogen) atoms. The summed E-state index contributed by atoms with van der Waals surface area (Å²) in [5, 5.41) is 9.04. The number of amides is 1. The second-order valence-electron chi connectivity index (χ2n) is 4.50. The van der Waals surface area contributed by atoms with E-state index in [0.717, 1.165) is 6.42 Å². The van der Waals surface area contributed by atoms with E-state index in [9.17, 15) is 4.79 Å². The van der Waals surface area contributed by atoms with Gasteiger partial charge in [-0.1, -0.05) is 6.42 Å². The molecule has 0 radical (unpaired) electrons. The van der Waals surface area contributed by atoms with E-state index in [1.807, 2.05) is 0 Å². The molecule has 0 saturated heterocycles. The molecule has 5 nitrogen and oxygen atoms in total. The van der Waals surface area contributed by atoms with Crippen molar-refractivity contribution in [2.75, 3.05) is 13.2 Å². The van der Waals surface area contributed by atoms with Crippen LogP contribution in [0.5, 0.6) is 0 Å². The molecule has 0 aliphatic heterocycles. The van der Waals surface area contributed by atoms with Crippen LogP contribution >= 0.6 is 0 Å². The minimum absolute atomic E-state index is 0.121. The number of carbonyl (C=O) groups is 1. The van der Waals surface area contributed by atoms with Gasteiger partial charge in [0.05, 0.1) is 6.61 Å². The van der Waals surface area contributed by atoms with Crippen LogP contribution in [-0.2, 0) is 4.79 Å². The van der Waals surface area contributed by atoms with Crippen molar-refractivity contribution in [2.24, 2.45) is 5.84 Å². The summed E-state index contributed by atoms with van der Waals surface area (Å²) in [6.45, 7) is 3.00. The second-order valence-corrected chi connectivity index (χ2v) is 4.50. The van der Waals surface area contributed by atoms with Gasteiger partial charge in [-0.05, 0) is 26.2 Å². The molecular formula is C11H23N3O2. The van der Waals surface area contributed by atoms with Gasteiger partial charge in [-0.15, -0.1) is 0 Å². The van der Waals surface area contributed by atoms with Crippen LogP contribution in [0.25, 0.3) is 0 Å². The van der Waals surface area contributed by atoms with Crippen molar-refractivity contribution in [3.63, 3.8) is 0 Å². The van der Waals surface area contributed by atoms with Crippen LogP contribution in [0.2, 0.25) is 0 Å². The fraction of sp³-hybridized carbons (Fsp3) is 0.909. The summed E-state index contributed by atoms with van der Waals surface area (Å²) in [6.07, 6.45) is 4.95. The van der Waals surface area contributed by atoms with Crippen LogP contribution in [0.1, 0.15) is 39.0 Å². The Morgan fingerprint density at radius 3 is 2.75 bits per heavy atom. The molecule has 0 aromatic heterocycles. The van der Waals surface area contributed by atoms with Gasteiger partial charge in [0, 0.05) is 25.0 Å². The normalized spacial score (nSPS) is 18.2. The van der Waals surface area contributed by atoms with E-state index in [0.29, 0.717) is 25.0 Å². The van der Waals surface area contributed by atoms with Crippen LogP contribution in [0.4, 0.5) is 0 Å². The minimum atomic E-state index is -0.121. The number of rotatable bonds is 7. The highest BCUT2D eigenvalue weighted by Crippen LogP contribution is 2.27. The molecule has 0 aromatic carbocycles. The maximum atomic E-state index is 11.0. The van der Waals surface area contributed by atoms with E-state index in [-0.39, 0.29) is 12.5 Å².